The van der Waals surface area contributed by atoms with Gasteiger partial charge in [-0.15, -0.1) is 0 Å². The largest absolute Gasteiger partial charge is 0.466 e. The third-order valence-electron chi connectivity index (χ3n) is 5.22. The molecule has 7 nitrogen and oxygen atoms in total. The van der Waals surface area contributed by atoms with E-state index >= 15 is 0 Å². The van der Waals surface area contributed by atoms with Crippen LogP contribution < -0.4 is 19.6 Å². The number of thiazole rings is 1. The maximum Gasteiger partial charge on any atom is 0.338 e. The van der Waals surface area contributed by atoms with Crippen molar-refractivity contribution in [1.82, 2.24) is 4.57 Å². The van der Waals surface area contributed by atoms with Crippen molar-refractivity contribution >= 4 is 35.4 Å². The second-order valence-electron chi connectivity index (χ2n) is 7.53. The summed E-state index contributed by atoms with van der Waals surface area (Å²) in [5.74, 6) is -0.626. The lowest BCUT2D eigenvalue weighted by molar-refractivity contribution is -0.136. The van der Waals surface area contributed by atoms with Crippen molar-refractivity contribution < 1.29 is 19.1 Å². The monoisotopic (exact) mass is 474 g/mol. The van der Waals surface area contributed by atoms with Gasteiger partial charge < -0.3 is 9.47 Å². The van der Waals surface area contributed by atoms with Crippen LogP contribution >= 0.6 is 11.3 Å². The Morgan fingerprint density at radius 1 is 1.09 bits per heavy atom. The van der Waals surface area contributed by atoms with Gasteiger partial charge in [0.1, 0.15) is 5.75 Å². The number of fused-ring (bicyclic) bond motifs is 1. The van der Waals surface area contributed by atoms with Crippen LogP contribution in [0.2, 0.25) is 0 Å². The minimum absolute atomic E-state index is 0.260. The lowest BCUT2D eigenvalue weighted by atomic mass is 9.96. The fourth-order valence-electron chi connectivity index (χ4n) is 3.72. The molecular formula is C26H22N2O5S. The highest BCUT2D eigenvalue weighted by molar-refractivity contribution is 7.07. The maximum absolute atomic E-state index is 13.4. The van der Waals surface area contributed by atoms with Crippen LogP contribution in [0, 0.1) is 0 Å². The number of rotatable bonds is 5. The van der Waals surface area contributed by atoms with Crippen molar-refractivity contribution in [1.29, 1.82) is 0 Å². The highest BCUT2D eigenvalue weighted by atomic mass is 32.1. The van der Waals surface area contributed by atoms with Gasteiger partial charge in [0, 0.05) is 6.92 Å². The Hall–Kier alpha value is -4.04. The third-order valence-corrected chi connectivity index (χ3v) is 6.22. The average molecular weight is 475 g/mol. The highest BCUT2D eigenvalue weighted by Crippen LogP contribution is 2.31. The van der Waals surface area contributed by atoms with E-state index in [0.717, 1.165) is 5.56 Å². The standard InChI is InChI=1S/C26H22N2O5S/c1-16-22(25(31)32-3)23(19-12-14-20(15-13-19)33-17(2)29)28-24(30)21(34-26(28)27-16)11-7-10-18-8-5-4-6-9-18/h4-15,23H,1-3H3/b10-7+,21-11?. The second-order valence-corrected chi connectivity index (χ2v) is 8.54. The number of aromatic nitrogens is 1. The number of carbonyl (C=O) groups is 2. The number of ether oxygens (including phenoxy) is 2. The van der Waals surface area contributed by atoms with E-state index in [1.54, 1.807) is 37.3 Å². The number of hydrogen-bond donors (Lipinski definition) is 0. The molecule has 0 aliphatic carbocycles. The number of allylic oxidation sites excluding steroid dienone is 2. The quantitative estimate of drug-likeness (QED) is 0.419. The predicted molar refractivity (Wildman–Crippen MR) is 130 cm³/mol. The van der Waals surface area contributed by atoms with Crippen LogP contribution in [0.3, 0.4) is 0 Å². The van der Waals surface area contributed by atoms with Crippen molar-refractivity contribution in [3.8, 4) is 5.75 Å². The Balaban J connectivity index is 1.83. The van der Waals surface area contributed by atoms with Crippen LogP contribution in [0.4, 0.5) is 0 Å². The summed E-state index contributed by atoms with van der Waals surface area (Å²) < 4.78 is 12.1. The lowest BCUT2D eigenvalue weighted by Gasteiger charge is -2.24. The van der Waals surface area contributed by atoms with Gasteiger partial charge in [-0.05, 0) is 36.3 Å². The van der Waals surface area contributed by atoms with Crippen molar-refractivity contribution in [2.45, 2.75) is 19.9 Å². The molecule has 0 N–H and O–H groups in total. The molecular weight excluding hydrogens is 452 g/mol. The molecule has 1 aliphatic rings. The van der Waals surface area contributed by atoms with Crippen LogP contribution in [0.1, 0.15) is 31.0 Å². The molecule has 0 saturated heterocycles. The SMILES string of the molecule is COC(=O)C1=C(C)N=c2sc(=C/C=C/c3ccccc3)c(=O)n2C1c1ccc(OC(C)=O)cc1. The first-order valence-corrected chi connectivity index (χ1v) is 11.3. The smallest absolute Gasteiger partial charge is 0.338 e. The molecule has 172 valence electrons. The summed E-state index contributed by atoms with van der Waals surface area (Å²) in [6, 6.07) is 15.7. The van der Waals surface area contributed by atoms with Crippen LogP contribution in [0.15, 0.2) is 81.7 Å². The molecule has 0 fully saturated rings. The molecule has 0 bridgehead atoms. The molecule has 0 spiro atoms. The zero-order valence-corrected chi connectivity index (χ0v) is 19.7. The Labute approximate surface area is 199 Å². The van der Waals surface area contributed by atoms with Gasteiger partial charge in [-0.3, -0.25) is 14.2 Å². The third kappa shape index (κ3) is 4.67. The van der Waals surface area contributed by atoms with Gasteiger partial charge in [-0.25, -0.2) is 9.79 Å². The second kappa shape index (κ2) is 9.84. The summed E-state index contributed by atoms with van der Waals surface area (Å²) in [7, 11) is 1.29. The molecule has 4 rings (SSSR count). The molecule has 1 aromatic heterocycles. The number of esters is 2. The Morgan fingerprint density at radius 3 is 2.44 bits per heavy atom. The fraction of sp³-hybridized carbons (Fsp3) is 0.154. The minimum atomic E-state index is -0.727. The Morgan fingerprint density at radius 2 is 1.79 bits per heavy atom. The number of nitrogens with zero attached hydrogens (tertiary/aromatic N) is 2. The van der Waals surface area contributed by atoms with Crippen molar-refractivity contribution in [2.75, 3.05) is 7.11 Å². The van der Waals surface area contributed by atoms with Crippen molar-refractivity contribution in [3.05, 3.63) is 103 Å². The average Bonchev–Trinajstić information content (AvgIpc) is 3.13. The maximum atomic E-state index is 13.4. The fourth-order valence-corrected chi connectivity index (χ4v) is 4.72. The Kier molecular flexibility index (Phi) is 6.70. The summed E-state index contributed by atoms with van der Waals surface area (Å²) in [6.07, 6.45) is 5.47. The summed E-state index contributed by atoms with van der Waals surface area (Å²) in [6.45, 7) is 3.04. The molecule has 1 unspecified atom stereocenters. The first-order chi connectivity index (χ1) is 16.4. The number of methoxy groups -OCH3 is 1. The molecule has 8 heteroatoms. The van der Waals surface area contributed by atoms with Crippen LogP contribution in [0.5, 0.6) is 5.75 Å². The van der Waals surface area contributed by atoms with Crippen LogP contribution in [-0.4, -0.2) is 23.6 Å². The van der Waals surface area contributed by atoms with E-state index in [9.17, 15) is 14.4 Å². The molecule has 2 aromatic carbocycles. The van der Waals surface area contributed by atoms with E-state index < -0.39 is 18.0 Å². The molecule has 0 saturated carbocycles. The topological polar surface area (TPSA) is 87.0 Å². The minimum Gasteiger partial charge on any atom is -0.466 e. The van der Waals surface area contributed by atoms with Crippen molar-refractivity contribution in [2.24, 2.45) is 4.99 Å². The lowest BCUT2D eigenvalue weighted by Crippen LogP contribution is -2.39. The van der Waals surface area contributed by atoms with Gasteiger partial charge in [0.05, 0.1) is 29.0 Å². The summed E-state index contributed by atoms with van der Waals surface area (Å²) in [5, 5.41) is 0. The number of benzene rings is 2. The highest BCUT2D eigenvalue weighted by Gasteiger charge is 2.33. The van der Waals surface area contributed by atoms with Crippen LogP contribution in [-0.2, 0) is 14.3 Å². The molecule has 34 heavy (non-hydrogen) atoms. The van der Waals surface area contributed by atoms with E-state index in [2.05, 4.69) is 4.99 Å². The van der Waals surface area contributed by atoms with E-state index in [4.69, 9.17) is 9.47 Å². The molecule has 2 heterocycles. The van der Waals surface area contributed by atoms with Gasteiger partial charge >= 0.3 is 11.9 Å². The van der Waals surface area contributed by atoms with E-state index in [0.29, 0.717) is 26.3 Å². The summed E-state index contributed by atoms with van der Waals surface area (Å²) in [4.78, 5) is 42.4. The Bertz CT molecular complexity index is 1480. The summed E-state index contributed by atoms with van der Waals surface area (Å²) in [5.41, 5.74) is 2.18. The molecule has 3 aromatic rings. The van der Waals surface area contributed by atoms with Crippen molar-refractivity contribution in [3.63, 3.8) is 0 Å². The zero-order valence-electron chi connectivity index (χ0n) is 18.8. The van der Waals surface area contributed by atoms with E-state index in [-0.39, 0.29) is 11.1 Å². The first kappa shape index (κ1) is 23.1. The molecule has 0 amide bonds. The first-order valence-electron chi connectivity index (χ1n) is 10.5. The molecule has 0 radical (unpaired) electrons. The van der Waals surface area contributed by atoms with E-state index in [1.807, 2.05) is 42.5 Å². The van der Waals surface area contributed by atoms with Gasteiger partial charge in [0.15, 0.2) is 4.80 Å². The number of carbonyl (C=O) groups excluding carboxylic acids is 2. The predicted octanol–water partition coefficient (Wildman–Crippen LogP) is 3.00. The molecule has 1 atom stereocenters. The van der Waals surface area contributed by atoms with Crippen LogP contribution in [0.25, 0.3) is 12.2 Å². The van der Waals surface area contributed by atoms with Gasteiger partial charge in [0.25, 0.3) is 5.56 Å². The van der Waals surface area contributed by atoms with Gasteiger partial charge in [-0.2, -0.15) is 0 Å². The number of hydrogen-bond acceptors (Lipinski definition) is 7. The van der Waals surface area contributed by atoms with E-state index in [1.165, 1.54) is 29.9 Å². The van der Waals surface area contributed by atoms with Gasteiger partial charge in [0.2, 0.25) is 0 Å². The zero-order chi connectivity index (χ0) is 24.2. The molecule has 1 aliphatic heterocycles. The summed E-state index contributed by atoms with van der Waals surface area (Å²) >= 11 is 1.25. The van der Waals surface area contributed by atoms with Gasteiger partial charge in [-0.1, -0.05) is 66.0 Å². The normalized spacial score (nSPS) is 15.7.